The number of piperidine rings is 2. The molecule has 0 radical (unpaired) electrons. The molecule has 0 aliphatic carbocycles. The fourth-order valence-electron chi connectivity index (χ4n) is 8.58. The monoisotopic (exact) mass is 1080 g/mol. The Hall–Kier alpha value is -3.43. The van der Waals surface area contributed by atoms with Crippen molar-refractivity contribution in [2.45, 2.75) is 197 Å². The number of aryl methyl sites for hydroxylation is 4. The molecular weight excluding hydrogens is 967 g/mol. The minimum atomic E-state index is 0.355. The molecule has 5 saturated heterocycles. The van der Waals surface area contributed by atoms with Crippen molar-refractivity contribution >= 4 is 17.2 Å². The van der Waals surface area contributed by atoms with Crippen molar-refractivity contribution in [2.75, 3.05) is 105 Å². The number of hydrogen-bond acceptors (Lipinski definition) is 11. The largest absolute Gasteiger partial charge is 0.469 e. The molecular formula is C63H113N7O5S. The van der Waals surface area contributed by atoms with Gasteiger partial charge in [0, 0.05) is 94.9 Å². The zero-order valence-corrected chi connectivity index (χ0v) is 50.9. The van der Waals surface area contributed by atoms with Gasteiger partial charge in [-0.2, -0.15) is 0 Å². The average Bonchev–Trinajstić information content (AvgIpc) is 4.36. The molecule has 1 atom stereocenters. The van der Waals surface area contributed by atoms with E-state index in [1.54, 1.807) is 12.5 Å². The molecule has 12 nitrogen and oxygen atoms in total. The van der Waals surface area contributed by atoms with Crippen LogP contribution in [0.5, 0.6) is 0 Å². The van der Waals surface area contributed by atoms with E-state index in [0.717, 1.165) is 117 Å². The highest BCUT2D eigenvalue weighted by molar-refractivity contribution is 7.09. The number of imidazole rings is 1. The highest BCUT2D eigenvalue weighted by Crippen LogP contribution is 2.14. The normalized spacial score (nSPS) is 17.4. The fourth-order valence-corrected chi connectivity index (χ4v) is 9.23. The molecule has 0 aromatic carbocycles. The number of likely N-dealkylation sites (tertiary alicyclic amines) is 2. The number of aromatic nitrogens is 3. The molecule has 436 valence electrons. The summed E-state index contributed by atoms with van der Waals surface area (Å²) < 4.78 is 22.8. The molecule has 9 heterocycles. The van der Waals surface area contributed by atoms with Crippen LogP contribution in [0.3, 0.4) is 0 Å². The first-order valence-corrected chi connectivity index (χ1v) is 31.3. The summed E-state index contributed by atoms with van der Waals surface area (Å²) in [7, 11) is 0. The standard InChI is InChI=1S/C8H15NO.C8H17NO.C8H17N.C7H12N2.C7H15NO.C7H9N.C6H12O.C6H8O.C6H8S/c1-2-6-9-7-4-3-5-8(9)10;1-2-3-4-9-5-7-10-8-6-9;1-2-6-9-7-4-3-5-8-9;1-2-3-5-9-6-4-8-7-9;1-2-3-8-4-6-9-7-5-8;1-2-7-4-3-5-8-6-7;3*1-2-6-4-3-5-7-6/h2-7H2,1H3;2-8H2,1H3;2-8H2,1H3;4,6-7H,2-3,5H2,1H3;2-7H2,1H3;3-6H,2H2,1H3;6H,2-5H2,1H3;2*3-5H,2H2,1H3. The van der Waals surface area contributed by atoms with Gasteiger partial charge in [-0.15, -0.1) is 11.3 Å². The summed E-state index contributed by atoms with van der Waals surface area (Å²) in [6, 6.07) is 12.2. The van der Waals surface area contributed by atoms with Gasteiger partial charge in [0.2, 0.25) is 5.91 Å². The van der Waals surface area contributed by atoms with Crippen LogP contribution in [-0.4, -0.2) is 151 Å². The van der Waals surface area contributed by atoms with Gasteiger partial charge in [-0.25, -0.2) is 4.98 Å². The van der Waals surface area contributed by atoms with Crippen molar-refractivity contribution in [3.8, 4) is 0 Å². The highest BCUT2D eigenvalue weighted by Gasteiger charge is 2.16. The van der Waals surface area contributed by atoms with E-state index in [1.807, 2.05) is 59.4 Å². The highest BCUT2D eigenvalue weighted by atomic mass is 32.1. The number of thiophene rings is 1. The number of furan rings is 1. The second-order valence-corrected chi connectivity index (χ2v) is 20.8. The molecule has 0 spiro atoms. The van der Waals surface area contributed by atoms with E-state index in [9.17, 15) is 4.79 Å². The van der Waals surface area contributed by atoms with E-state index in [1.165, 1.54) is 133 Å². The summed E-state index contributed by atoms with van der Waals surface area (Å²) in [5, 5.41) is 2.11. The van der Waals surface area contributed by atoms with Gasteiger partial charge in [0.25, 0.3) is 0 Å². The van der Waals surface area contributed by atoms with E-state index in [2.05, 4.69) is 115 Å². The maximum atomic E-state index is 11.1. The Balaban J connectivity index is 0.000000429. The van der Waals surface area contributed by atoms with Crippen LogP contribution >= 0.6 is 11.3 Å². The first-order valence-electron chi connectivity index (χ1n) is 30.4. The Morgan fingerprint density at radius 1 is 0.579 bits per heavy atom. The summed E-state index contributed by atoms with van der Waals surface area (Å²) >= 11 is 1.82. The van der Waals surface area contributed by atoms with E-state index >= 15 is 0 Å². The third-order valence-corrected chi connectivity index (χ3v) is 14.3. The Labute approximate surface area is 470 Å². The van der Waals surface area contributed by atoms with Gasteiger partial charge in [-0.1, -0.05) is 93.7 Å². The van der Waals surface area contributed by atoms with E-state index in [-0.39, 0.29) is 0 Å². The molecule has 4 aromatic heterocycles. The maximum Gasteiger partial charge on any atom is 0.222 e. The van der Waals surface area contributed by atoms with Crippen molar-refractivity contribution < 1.29 is 23.4 Å². The number of hydrogen-bond donors (Lipinski definition) is 0. The van der Waals surface area contributed by atoms with Crippen LogP contribution < -0.4 is 0 Å². The summed E-state index contributed by atoms with van der Waals surface area (Å²) in [4.78, 5) is 30.0. The lowest BCUT2D eigenvalue weighted by molar-refractivity contribution is -0.133. The predicted octanol–water partition coefficient (Wildman–Crippen LogP) is 14.2. The van der Waals surface area contributed by atoms with Gasteiger partial charge in [0.05, 0.1) is 45.1 Å². The van der Waals surface area contributed by atoms with Crippen molar-refractivity contribution in [3.05, 3.63) is 95.4 Å². The molecule has 13 heteroatoms. The number of carbonyl (C=O) groups is 1. The number of morpholine rings is 2. The van der Waals surface area contributed by atoms with Crippen molar-refractivity contribution in [3.63, 3.8) is 0 Å². The number of ether oxygens (including phenoxy) is 3. The third kappa shape index (κ3) is 39.9. The topological polar surface area (TPSA) is 102 Å². The van der Waals surface area contributed by atoms with Crippen LogP contribution in [0.4, 0.5) is 0 Å². The first-order chi connectivity index (χ1) is 37.3. The minimum absolute atomic E-state index is 0.355. The van der Waals surface area contributed by atoms with Crippen molar-refractivity contribution in [1.82, 2.24) is 34.1 Å². The number of carbonyl (C=O) groups excluding carboxylic acids is 1. The zero-order chi connectivity index (χ0) is 55.4. The third-order valence-electron chi connectivity index (χ3n) is 13.3. The van der Waals surface area contributed by atoms with Gasteiger partial charge in [0.1, 0.15) is 5.76 Å². The van der Waals surface area contributed by atoms with Crippen LogP contribution in [0.1, 0.15) is 181 Å². The van der Waals surface area contributed by atoms with Gasteiger partial charge in [0.15, 0.2) is 0 Å². The lowest BCUT2D eigenvalue weighted by Crippen LogP contribution is -2.36. The number of rotatable bonds is 16. The van der Waals surface area contributed by atoms with Gasteiger partial charge in [-0.3, -0.25) is 19.6 Å². The second kappa shape index (κ2) is 52.3. The SMILES string of the molecule is CCC1CCCO1.CCCCN1CCOCC1.CCCCn1ccnc1.CCCN1CCCCC1.CCCN1CCCCC1=O.CCCN1CCOCC1.CCc1cccnc1.CCc1ccco1.CCc1cccs1. The van der Waals surface area contributed by atoms with E-state index < -0.39 is 0 Å². The molecule has 5 aliphatic heterocycles. The fraction of sp³-hybridized carbons (Fsp3) is 0.730. The summed E-state index contributed by atoms with van der Waals surface area (Å²) in [5.41, 5.74) is 1.30. The minimum Gasteiger partial charge on any atom is -0.469 e. The lowest BCUT2D eigenvalue weighted by atomic mass is 10.1. The van der Waals surface area contributed by atoms with E-state index in [0.29, 0.717) is 12.0 Å². The average molecular weight is 1080 g/mol. The Bertz CT molecular complexity index is 1650. The Morgan fingerprint density at radius 2 is 1.22 bits per heavy atom. The summed E-state index contributed by atoms with van der Waals surface area (Å²) in [6.07, 6.45) is 34.8. The van der Waals surface area contributed by atoms with Crippen LogP contribution in [0.25, 0.3) is 0 Å². The zero-order valence-electron chi connectivity index (χ0n) is 50.1. The molecule has 5 aliphatic rings. The summed E-state index contributed by atoms with van der Waals surface area (Å²) in [6.45, 7) is 38.4. The Morgan fingerprint density at radius 3 is 1.64 bits per heavy atom. The maximum absolute atomic E-state index is 11.1. The summed E-state index contributed by atoms with van der Waals surface area (Å²) in [5.74, 6) is 1.41. The molecule has 1 amide bonds. The lowest BCUT2D eigenvalue weighted by Gasteiger charge is -2.26. The molecule has 0 bridgehead atoms. The molecule has 4 aromatic rings. The van der Waals surface area contributed by atoms with Gasteiger partial charge in [-0.05, 0) is 158 Å². The van der Waals surface area contributed by atoms with Crippen LogP contribution in [0, 0.1) is 0 Å². The van der Waals surface area contributed by atoms with Crippen molar-refractivity contribution in [1.29, 1.82) is 0 Å². The van der Waals surface area contributed by atoms with Gasteiger partial charge < -0.3 is 33.0 Å². The molecule has 0 saturated carbocycles. The molecule has 1 unspecified atom stereocenters. The van der Waals surface area contributed by atoms with Crippen LogP contribution in [-0.2, 0) is 44.8 Å². The number of nitrogens with zero attached hydrogens (tertiary/aromatic N) is 7. The molecule has 9 rings (SSSR count). The second-order valence-electron chi connectivity index (χ2n) is 19.8. The van der Waals surface area contributed by atoms with Gasteiger partial charge >= 0.3 is 0 Å². The quantitative estimate of drug-likeness (QED) is 0.108. The molecule has 0 N–H and O–H groups in total. The molecule has 5 fully saturated rings. The Kier molecular flexibility index (Phi) is 48.6. The smallest absolute Gasteiger partial charge is 0.222 e. The first kappa shape index (κ1) is 70.6. The number of amides is 1. The predicted molar refractivity (Wildman–Crippen MR) is 323 cm³/mol. The van der Waals surface area contributed by atoms with E-state index in [4.69, 9.17) is 18.6 Å². The molecule has 76 heavy (non-hydrogen) atoms. The number of unbranched alkanes of at least 4 members (excludes halogenated alkanes) is 2. The van der Waals surface area contributed by atoms with Crippen LogP contribution in [0.15, 0.2) is 83.6 Å². The van der Waals surface area contributed by atoms with Crippen LogP contribution in [0.2, 0.25) is 0 Å². The van der Waals surface area contributed by atoms with Crippen molar-refractivity contribution in [2.24, 2.45) is 0 Å². The number of pyridine rings is 1.